The Morgan fingerprint density at radius 2 is 1.92 bits per heavy atom. The Balaban J connectivity index is 3.41. The number of rotatable bonds is 9. The molecule has 13 heavy (non-hydrogen) atoms. The Hall–Kier alpha value is -0.120. The minimum absolute atomic E-state index is 0.746. The number of unbranched alkanes of at least 4 members (excludes halogenated alkanes) is 2. The molecule has 0 bridgehead atoms. The van der Waals surface area contributed by atoms with Crippen LogP contribution in [0.5, 0.6) is 0 Å². The Kier molecular flexibility index (Phi) is 9.87. The third-order valence-corrected chi connectivity index (χ3v) is 2.13. The van der Waals surface area contributed by atoms with E-state index in [9.17, 15) is 0 Å². The first-order valence-electron chi connectivity index (χ1n) is 5.26. The number of ether oxygens (including phenoxy) is 1. The SMILES string of the molecule is CCCCCN(CCN)CCOC. The molecule has 0 aromatic carbocycles. The van der Waals surface area contributed by atoms with Gasteiger partial charge in [-0.05, 0) is 13.0 Å². The molecule has 0 aliphatic rings. The van der Waals surface area contributed by atoms with Crippen molar-refractivity contribution in [1.82, 2.24) is 4.90 Å². The minimum atomic E-state index is 0.746. The summed E-state index contributed by atoms with van der Waals surface area (Å²) < 4.78 is 5.04. The first-order chi connectivity index (χ1) is 6.35. The Labute approximate surface area is 82.2 Å². The van der Waals surface area contributed by atoms with Gasteiger partial charge in [-0.25, -0.2) is 0 Å². The molecular weight excluding hydrogens is 164 g/mol. The zero-order chi connectivity index (χ0) is 9.94. The molecule has 0 aromatic rings. The van der Waals surface area contributed by atoms with Gasteiger partial charge in [0.2, 0.25) is 0 Å². The molecule has 0 aliphatic heterocycles. The van der Waals surface area contributed by atoms with Crippen LogP contribution in [-0.4, -0.2) is 44.8 Å². The van der Waals surface area contributed by atoms with Gasteiger partial charge in [-0.2, -0.15) is 0 Å². The summed E-state index contributed by atoms with van der Waals surface area (Å²) in [4.78, 5) is 2.37. The van der Waals surface area contributed by atoms with Gasteiger partial charge in [0.05, 0.1) is 6.61 Å². The van der Waals surface area contributed by atoms with Gasteiger partial charge in [-0.3, -0.25) is 4.90 Å². The quantitative estimate of drug-likeness (QED) is 0.550. The van der Waals surface area contributed by atoms with Crippen molar-refractivity contribution in [2.45, 2.75) is 26.2 Å². The van der Waals surface area contributed by atoms with Crippen LogP contribution in [0.1, 0.15) is 26.2 Å². The lowest BCUT2D eigenvalue weighted by Gasteiger charge is -2.20. The Morgan fingerprint density at radius 3 is 2.46 bits per heavy atom. The number of hydrogen-bond acceptors (Lipinski definition) is 3. The zero-order valence-electron chi connectivity index (χ0n) is 9.09. The third-order valence-electron chi connectivity index (χ3n) is 2.13. The topological polar surface area (TPSA) is 38.5 Å². The lowest BCUT2D eigenvalue weighted by Crippen LogP contribution is -2.33. The average molecular weight is 188 g/mol. The lowest BCUT2D eigenvalue weighted by molar-refractivity contribution is 0.148. The van der Waals surface area contributed by atoms with Crippen molar-refractivity contribution >= 4 is 0 Å². The third kappa shape index (κ3) is 8.22. The summed E-state index contributed by atoms with van der Waals surface area (Å²) in [5.41, 5.74) is 5.52. The van der Waals surface area contributed by atoms with Gasteiger partial charge in [0.1, 0.15) is 0 Å². The summed E-state index contributed by atoms with van der Waals surface area (Å²) in [5, 5.41) is 0. The molecule has 2 N–H and O–H groups in total. The fourth-order valence-electron chi connectivity index (χ4n) is 1.32. The van der Waals surface area contributed by atoms with Gasteiger partial charge in [0, 0.05) is 26.7 Å². The summed E-state index contributed by atoms with van der Waals surface area (Å²) in [6, 6.07) is 0. The standard InChI is InChI=1S/C10H24N2O/c1-3-4-5-7-12(8-6-11)9-10-13-2/h3-11H2,1-2H3. The normalized spacial score (nSPS) is 11.1. The predicted molar refractivity (Wildman–Crippen MR) is 56.9 cm³/mol. The highest BCUT2D eigenvalue weighted by Crippen LogP contribution is 1.97. The molecule has 0 radical (unpaired) electrons. The second-order valence-electron chi connectivity index (χ2n) is 3.33. The number of nitrogens with two attached hydrogens (primary N) is 1. The number of methoxy groups -OCH3 is 1. The van der Waals surface area contributed by atoms with Gasteiger partial charge in [-0.15, -0.1) is 0 Å². The second kappa shape index (κ2) is 9.96. The highest BCUT2D eigenvalue weighted by atomic mass is 16.5. The maximum Gasteiger partial charge on any atom is 0.0589 e. The van der Waals surface area contributed by atoms with Crippen molar-refractivity contribution in [3.05, 3.63) is 0 Å². The van der Waals surface area contributed by atoms with Crippen molar-refractivity contribution < 1.29 is 4.74 Å². The van der Waals surface area contributed by atoms with E-state index in [0.29, 0.717) is 0 Å². The lowest BCUT2D eigenvalue weighted by atomic mass is 10.2. The Morgan fingerprint density at radius 1 is 1.15 bits per heavy atom. The van der Waals surface area contributed by atoms with Crippen molar-refractivity contribution in [1.29, 1.82) is 0 Å². The molecule has 0 amide bonds. The van der Waals surface area contributed by atoms with Crippen molar-refractivity contribution in [3.8, 4) is 0 Å². The van der Waals surface area contributed by atoms with E-state index in [2.05, 4.69) is 11.8 Å². The van der Waals surface area contributed by atoms with E-state index < -0.39 is 0 Å². The number of nitrogens with zero attached hydrogens (tertiary/aromatic N) is 1. The summed E-state index contributed by atoms with van der Waals surface area (Å²) >= 11 is 0. The van der Waals surface area contributed by atoms with Crippen LogP contribution in [-0.2, 0) is 4.74 Å². The van der Waals surface area contributed by atoms with E-state index in [-0.39, 0.29) is 0 Å². The fourth-order valence-corrected chi connectivity index (χ4v) is 1.32. The van der Waals surface area contributed by atoms with E-state index in [1.807, 2.05) is 0 Å². The van der Waals surface area contributed by atoms with Gasteiger partial charge in [0.25, 0.3) is 0 Å². The second-order valence-corrected chi connectivity index (χ2v) is 3.33. The first-order valence-corrected chi connectivity index (χ1v) is 5.26. The van der Waals surface area contributed by atoms with Gasteiger partial charge in [-0.1, -0.05) is 19.8 Å². The first kappa shape index (κ1) is 12.9. The summed E-state index contributed by atoms with van der Waals surface area (Å²) in [6.07, 6.45) is 3.87. The van der Waals surface area contributed by atoms with Crippen LogP contribution in [0, 0.1) is 0 Å². The smallest absolute Gasteiger partial charge is 0.0589 e. The van der Waals surface area contributed by atoms with E-state index in [1.165, 1.54) is 19.3 Å². The number of hydrogen-bond donors (Lipinski definition) is 1. The molecule has 0 aromatic heterocycles. The maximum atomic E-state index is 5.52. The largest absolute Gasteiger partial charge is 0.383 e. The molecule has 0 spiro atoms. The monoisotopic (exact) mass is 188 g/mol. The predicted octanol–water partition coefficient (Wildman–Crippen LogP) is 1.08. The molecule has 0 saturated heterocycles. The van der Waals surface area contributed by atoms with E-state index in [4.69, 9.17) is 10.5 Å². The highest BCUT2D eigenvalue weighted by Gasteiger charge is 2.01. The van der Waals surface area contributed by atoms with Crippen LogP contribution in [0.25, 0.3) is 0 Å². The highest BCUT2D eigenvalue weighted by molar-refractivity contribution is 4.57. The summed E-state index contributed by atoms with van der Waals surface area (Å²) in [7, 11) is 1.74. The molecule has 0 heterocycles. The zero-order valence-corrected chi connectivity index (χ0v) is 9.09. The Bertz CT molecular complexity index is 98.9. The van der Waals surface area contributed by atoms with E-state index in [1.54, 1.807) is 7.11 Å². The van der Waals surface area contributed by atoms with Crippen molar-refractivity contribution in [3.63, 3.8) is 0 Å². The minimum Gasteiger partial charge on any atom is -0.383 e. The molecule has 0 atom stereocenters. The van der Waals surface area contributed by atoms with Crippen LogP contribution in [0.3, 0.4) is 0 Å². The van der Waals surface area contributed by atoms with Crippen molar-refractivity contribution in [2.24, 2.45) is 5.73 Å². The van der Waals surface area contributed by atoms with E-state index >= 15 is 0 Å². The van der Waals surface area contributed by atoms with Crippen molar-refractivity contribution in [2.75, 3.05) is 39.9 Å². The average Bonchev–Trinajstić information content (AvgIpc) is 2.14. The molecule has 0 saturated carbocycles. The maximum absolute atomic E-state index is 5.52. The molecule has 80 valence electrons. The molecule has 3 nitrogen and oxygen atoms in total. The summed E-state index contributed by atoms with van der Waals surface area (Å²) in [6.45, 7) is 6.95. The van der Waals surface area contributed by atoms with Crippen LogP contribution in [0.4, 0.5) is 0 Å². The van der Waals surface area contributed by atoms with E-state index in [0.717, 1.165) is 32.8 Å². The summed E-state index contributed by atoms with van der Waals surface area (Å²) in [5.74, 6) is 0. The molecule has 0 unspecified atom stereocenters. The molecule has 3 heteroatoms. The molecule has 0 fully saturated rings. The van der Waals surface area contributed by atoms with Gasteiger partial charge in [0.15, 0.2) is 0 Å². The van der Waals surface area contributed by atoms with Crippen LogP contribution in [0.2, 0.25) is 0 Å². The van der Waals surface area contributed by atoms with Crippen LogP contribution in [0.15, 0.2) is 0 Å². The van der Waals surface area contributed by atoms with Crippen LogP contribution < -0.4 is 5.73 Å². The van der Waals surface area contributed by atoms with Gasteiger partial charge >= 0.3 is 0 Å². The van der Waals surface area contributed by atoms with Gasteiger partial charge < -0.3 is 10.5 Å². The fraction of sp³-hybridized carbons (Fsp3) is 1.00. The molecule has 0 aliphatic carbocycles. The van der Waals surface area contributed by atoms with Crippen LogP contribution >= 0.6 is 0 Å². The molecular formula is C10H24N2O. The molecule has 0 rings (SSSR count).